The van der Waals surface area contributed by atoms with Gasteiger partial charge in [0.2, 0.25) is 5.91 Å². The van der Waals surface area contributed by atoms with Crippen LogP contribution in [0.2, 0.25) is 0 Å². The molecule has 3 rings (SSSR count). The Kier molecular flexibility index (Phi) is 6.82. The van der Waals surface area contributed by atoms with E-state index in [-0.39, 0.29) is 11.9 Å². The summed E-state index contributed by atoms with van der Waals surface area (Å²) < 4.78 is 10.5. The molecule has 0 radical (unpaired) electrons. The average molecular weight is 412 g/mol. The monoisotopic (exact) mass is 411 g/mol. The summed E-state index contributed by atoms with van der Waals surface area (Å²) in [6.45, 7) is 5.02. The first-order valence-electron chi connectivity index (χ1n) is 10.1. The first kappa shape index (κ1) is 21.5. The van der Waals surface area contributed by atoms with Gasteiger partial charge in [-0.15, -0.1) is 0 Å². The fourth-order valence-corrected chi connectivity index (χ4v) is 3.46. The molecule has 2 N–H and O–H groups in total. The summed E-state index contributed by atoms with van der Waals surface area (Å²) in [5.74, 6) is 1.84. The summed E-state index contributed by atoms with van der Waals surface area (Å²) in [5, 5.41) is 5.65. The van der Waals surface area contributed by atoms with Crippen molar-refractivity contribution in [3.63, 3.8) is 0 Å². The Morgan fingerprint density at radius 3 is 2.57 bits per heavy atom. The molecule has 160 valence electrons. The maximum absolute atomic E-state index is 12.5. The van der Waals surface area contributed by atoms with Crippen LogP contribution in [-0.2, 0) is 11.2 Å². The van der Waals surface area contributed by atoms with E-state index >= 15 is 0 Å². The molecule has 0 fully saturated rings. The summed E-state index contributed by atoms with van der Waals surface area (Å²) in [5.41, 5.74) is 3.23. The van der Waals surface area contributed by atoms with Crippen molar-refractivity contribution >= 4 is 29.0 Å². The third kappa shape index (κ3) is 5.03. The van der Waals surface area contributed by atoms with Crippen LogP contribution in [0.5, 0.6) is 11.5 Å². The largest absolute Gasteiger partial charge is 0.497 e. The molecule has 0 aromatic heterocycles. The molecule has 0 spiro atoms. The van der Waals surface area contributed by atoms with Gasteiger partial charge in [-0.3, -0.25) is 4.79 Å². The van der Waals surface area contributed by atoms with E-state index in [0.717, 1.165) is 17.7 Å². The van der Waals surface area contributed by atoms with E-state index in [0.29, 0.717) is 48.2 Å². The number of amides is 3. The highest BCUT2D eigenvalue weighted by Gasteiger charge is 2.24. The molecular weight excluding hydrogens is 382 g/mol. The minimum Gasteiger partial charge on any atom is -0.497 e. The summed E-state index contributed by atoms with van der Waals surface area (Å²) >= 11 is 0. The Labute approximate surface area is 177 Å². The van der Waals surface area contributed by atoms with Gasteiger partial charge < -0.3 is 25.0 Å². The number of hydrogen-bond acceptors (Lipinski definition) is 4. The molecule has 7 nitrogen and oxygen atoms in total. The summed E-state index contributed by atoms with van der Waals surface area (Å²) in [4.78, 5) is 26.7. The quantitative estimate of drug-likeness (QED) is 0.694. The van der Waals surface area contributed by atoms with E-state index in [1.807, 2.05) is 23.1 Å². The van der Waals surface area contributed by atoms with Gasteiger partial charge in [-0.05, 0) is 54.7 Å². The van der Waals surface area contributed by atoms with Crippen LogP contribution in [-0.4, -0.2) is 32.7 Å². The zero-order valence-corrected chi connectivity index (χ0v) is 18.0. The molecule has 1 aliphatic rings. The van der Waals surface area contributed by atoms with Gasteiger partial charge in [0.1, 0.15) is 11.5 Å². The maximum Gasteiger partial charge on any atom is 0.323 e. The lowest BCUT2D eigenvalue weighted by Crippen LogP contribution is -2.36. The van der Waals surface area contributed by atoms with Crippen molar-refractivity contribution in [2.24, 2.45) is 5.92 Å². The molecular formula is C23H29N3O4. The number of hydrogen-bond donors (Lipinski definition) is 2. The molecule has 1 aliphatic heterocycles. The zero-order valence-electron chi connectivity index (χ0n) is 18.0. The number of rotatable bonds is 7. The molecule has 0 bridgehead atoms. The Morgan fingerprint density at radius 1 is 1.07 bits per heavy atom. The number of fused-ring (bicyclic) bond motifs is 1. The van der Waals surface area contributed by atoms with Crippen molar-refractivity contribution in [3.8, 4) is 11.5 Å². The van der Waals surface area contributed by atoms with E-state index in [2.05, 4.69) is 24.5 Å². The third-order valence-corrected chi connectivity index (χ3v) is 5.12. The van der Waals surface area contributed by atoms with E-state index in [1.54, 1.807) is 25.3 Å². The number of carbonyl (C=O) groups excluding carboxylic acids is 2. The van der Waals surface area contributed by atoms with Gasteiger partial charge in [0.15, 0.2) is 0 Å². The number of nitrogens with zero attached hydrogens (tertiary/aromatic N) is 1. The SMILES string of the molecule is COc1ccc(NC(=O)Nc2ccc3c(c2)CCC(=O)N3CCC(C)C)c(OC)c1. The number of anilines is 3. The summed E-state index contributed by atoms with van der Waals surface area (Å²) in [6.07, 6.45) is 2.12. The number of aryl methyl sites for hydroxylation is 1. The Bertz CT molecular complexity index is 927. The number of carbonyl (C=O) groups is 2. The molecule has 7 heteroatoms. The highest BCUT2D eigenvalue weighted by atomic mass is 16.5. The minimum absolute atomic E-state index is 0.160. The van der Waals surface area contributed by atoms with Crippen LogP contribution in [0.4, 0.5) is 21.9 Å². The Morgan fingerprint density at radius 2 is 1.87 bits per heavy atom. The fraction of sp³-hybridized carbons (Fsp3) is 0.391. The van der Waals surface area contributed by atoms with Crippen molar-refractivity contribution in [1.82, 2.24) is 0 Å². The van der Waals surface area contributed by atoms with E-state index < -0.39 is 0 Å². The third-order valence-electron chi connectivity index (χ3n) is 5.12. The minimum atomic E-state index is -0.373. The fourth-order valence-electron chi connectivity index (χ4n) is 3.46. The van der Waals surface area contributed by atoms with Crippen LogP contribution in [0, 0.1) is 5.92 Å². The lowest BCUT2D eigenvalue weighted by atomic mass is 9.99. The van der Waals surface area contributed by atoms with Crippen LogP contribution in [0.3, 0.4) is 0 Å². The van der Waals surface area contributed by atoms with Crippen LogP contribution in [0.15, 0.2) is 36.4 Å². The van der Waals surface area contributed by atoms with Gasteiger partial charge in [0, 0.05) is 30.4 Å². The summed E-state index contributed by atoms with van der Waals surface area (Å²) in [6, 6.07) is 10.5. The first-order valence-corrected chi connectivity index (χ1v) is 10.1. The second kappa shape index (κ2) is 9.52. The van der Waals surface area contributed by atoms with Crippen molar-refractivity contribution < 1.29 is 19.1 Å². The Balaban J connectivity index is 1.71. The van der Waals surface area contributed by atoms with Crippen LogP contribution < -0.4 is 25.0 Å². The van der Waals surface area contributed by atoms with Crippen LogP contribution >= 0.6 is 0 Å². The molecule has 0 unspecified atom stereocenters. The number of nitrogens with one attached hydrogen (secondary N) is 2. The van der Waals surface area contributed by atoms with E-state index in [4.69, 9.17) is 9.47 Å². The van der Waals surface area contributed by atoms with E-state index in [9.17, 15) is 9.59 Å². The molecule has 0 saturated heterocycles. The van der Waals surface area contributed by atoms with Gasteiger partial charge in [-0.1, -0.05) is 13.8 Å². The van der Waals surface area contributed by atoms with Gasteiger partial charge in [0.05, 0.1) is 19.9 Å². The van der Waals surface area contributed by atoms with Gasteiger partial charge in [-0.2, -0.15) is 0 Å². The van der Waals surface area contributed by atoms with Crippen LogP contribution in [0.1, 0.15) is 32.3 Å². The lowest BCUT2D eigenvalue weighted by Gasteiger charge is -2.30. The number of methoxy groups -OCH3 is 2. The zero-order chi connectivity index (χ0) is 21.7. The molecule has 2 aromatic carbocycles. The molecule has 30 heavy (non-hydrogen) atoms. The Hall–Kier alpha value is -3.22. The van der Waals surface area contributed by atoms with Gasteiger partial charge >= 0.3 is 6.03 Å². The van der Waals surface area contributed by atoms with E-state index in [1.165, 1.54) is 7.11 Å². The van der Waals surface area contributed by atoms with Crippen molar-refractivity contribution in [1.29, 1.82) is 0 Å². The normalized spacial score (nSPS) is 13.1. The van der Waals surface area contributed by atoms with Gasteiger partial charge in [0.25, 0.3) is 0 Å². The predicted octanol–water partition coefficient (Wildman–Crippen LogP) is 4.67. The number of ether oxygens (including phenoxy) is 2. The second-order valence-electron chi connectivity index (χ2n) is 7.72. The maximum atomic E-state index is 12.5. The second-order valence-corrected chi connectivity index (χ2v) is 7.72. The first-order chi connectivity index (χ1) is 14.4. The molecule has 0 saturated carbocycles. The lowest BCUT2D eigenvalue weighted by molar-refractivity contribution is -0.118. The van der Waals surface area contributed by atoms with Crippen molar-refractivity contribution in [2.45, 2.75) is 33.1 Å². The number of urea groups is 1. The predicted molar refractivity (Wildman–Crippen MR) is 119 cm³/mol. The van der Waals surface area contributed by atoms with Gasteiger partial charge in [-0.25, -0.2) is 4.79 Å². The molecule has 0 aliphatic carbocycles. The highest BCUT2D eigenvalue weighted by molar-refractivity contribution is 6.01. The number of benzene rings is 2. The van der Waals surface area contributed by atoms with Crippen LogP contribution in [0.25, 0.3) is 0 Å². The summed E-state index contributed by atoms with van der Waals surface area (Å²) in [7, 11) is 3.11. The molecule has 0 atom stereocenters. The molecule has 3 amide bonds. The molecule has 2 aromatic rings. The smallest absolute Gasteiger partial charge is 0.323 e. The average Bonchev–Trinajstić information content (AvgIpc) is 2.73. The molecule has 1 heterocycles. The standard InChI is InChI=1S/C23H29N3O4/c1-15(2)11-12-26-20-9-6-17(13-16(20)5-10-22(26)27)24-23(28)25-19-8-7-18(29-3)14-21(19)30-4/h6-9,13-15H,5,10-12H2,1-4H3,(H2,24,25,28). The highest BCUT2D eigenvalue weighted by Crippen LogP contribution is 2.32. The van der Waals surface area contributed by atoms with Crippen molar-refractivity contribution in [3.05, 3.63) is 42.0 Å². The van der Waals surface area contributed by atoms with Crippen molar-refractivity contribution in [2.75, 3.05) is 36.3 Å². The topological polar surface area (TPSA) is 79.9 Å².